The van der Waals surface area contributed by atoms with Crippen molar-refractivity contribution in [1.29, 1.82) is 0 Å². The van der Waals surface area contributed by atoms with Gasteiger partial charge in [-0.1, -0.05) is 63.3 Å². The Morgan fingerprint density at radius 3 is 2.11 bits per heavy atom. The highest BCUT2D eigenvalue weighted by Gasteiger charge is 2.28. The Balaban J connectivity index is 1.50. The summed E-state index contributed by atoms with van der Waals surface area (Å²) >= 11 is 0. The van der Waals surface area contributed by atoms with Gasteiger partial charge in [-0.3, -0.25) is 0 Å². The highest BCUT2D eigenvalue weighted by Crippen LogP contribution is 2.22. The van der Waals surface area contributed by atoms with Gasteiger partial charge in [0.2, 0.25) is 0 Å². The molecule has 2 aromatic carbocycles. The first-order valence-electron chi connectivity index (χ1n) is 9.95. The standard InChI is InChI=1S/C22H27BF2O2/c1-2-3-4-5-6-7-17-15-26-23(27-16-17)20-10-8-18(9-11-20)19-12-21(24)14-22(25)13-19/h8-14,17H,2-7,15-16H2,1H3. The van der Waals surface area contributed by atoms with Crippen molar-refractivity contribution in [2.75, 3.05) is 13.2 Å². The minimum Gasteiger partial charge on any atom is -0.407 e. The molecule has 5 heteroatoms. The molecular formula is C22H27BF2O2. The number of hydrogen-bond donors (Lipinski definition) is 0. The van der Waals surface area contributed by atoms with Crippen molar-refractivity contribution in [2.45, 2.75) is 45.4 Å². The van der Waals surface area contributed by atoms with Crippen molar-refractivity contribution in [1.82, 2.24) is 0 Å². The maximum absolute atomic E-state index is 13.4. The van der Waals surface area contributed by atoms with E-state index in [1.165, 1.54) is 44.2 Å². The highest BCUT2D eigenvalue weighted by molar-refractivity contribution is 6.61. The molecule has 0 spiro atoms. The van der Waals surface area contributed by atoms with Gasteiger partial charge in [0, 0.05) is 25.2 Å². The van der Waals surface area contributed by atoms with Crippen LogP contribution in [0.1, 0.15) is 45.4 Å². The smallest absolute Gasteiger partial charge is 0.407 e. The molecule has 1 aliphatic heterocycles. The van der Waals surface area contributed by atoms with E-state index in [0.717, 1.165) is 36.7 Å². The van der Waals surface area contributed by atoms with Gasteiger partial charge in [-0.15, -0.1) is 0 Å². The Morgan fingerprint density at radius 1 is 0.852 bits per heavy atom. The van der Waals surface area contributed by atoms with E-state index in [1.54, 1.807) is 0 Å². The first kappa shape index (κ1) is 20.0. The predicted octanol–water partition coefficient (Wildman–Crippen LogP) is 5.35. The van der Waals surface area contributed by atoms with Crippen molar-refractivity contribution in [3.63, 3.8) is 0 Å². The Bertz CT molecular complexity index is 693. The summed E-state index contributed by atoms with van der Waals surface area (Å²) in [6.07, 6.45) is 7.58. The summed E-state index contributed by atoms with van der Waals surface area (Å²) in [6.45, 7) is 3.66. The second-order valence-electron chi connectivity index (χ2n) is 7.35. The number of halogens is 2. The van der Waals surface area contributed by atoms with Gasteiger partial charge in [0.25, 0.3) is 0 Å². The van der Waals surface area contributed by atoms with E-state index >= 15 is 0 Å². The van der Waals surface area contributed by atoms with E-state index < -0.39 is 11.6 Å². The fraction of sp³-hybridized carbons (Fsp3) is 0.455. The highest BCUT2D eigenvalue weighted by atomic mass is 19.1. The zero-order valence-electron chi connectivity index (χ0n) is 15.9. The van der Waals surface area contributed by atoms with E-state index in [-0.39, 0.29) is 7.12 Å². The zero-order valence-corrected chi connectivity index (χ0v) is 15.9. The number of rotatable bonds is 8. The Labute approximate surface area is 161 Å². The fourth-order valence-electron chi connectivity index (χ4n) is 3.49. The fourth-order valence-corrected chi connectivity index (χ4v) is 3.49. The largest absolute Gasteiger partial charge is 0.493 e. The van der Waals surface area contributed by atoms with E-state index in [2.05, 4.69) is 6.92 Å². The van der Waals surface area contributed by atoms with Gasteiger partial charge in [0.05, 0.1) is 0 Å². The monoisotopic (exact) mass is 372 g/mol. The molecule has 1 fully saturated rings. The third-order valence-corrected chi connectivity index (χ3v) is 5.06. The lowest BCUT2D eigenvalue weighted by molar-refractivity contribution is 0.0810. The Kier molecular flexibility index (Phi) is 7.42. The number of benzene rings is 2. The van der Waals surface area contributed by atoms with Gasteiger partial charge in [0.15, 0.2) is 0 Å². The average molecular weight is 372 g/mol. The van der Waals surface area contributed by atoms with Crippen LogP contribution in [0.3, 0.4) is 0 Å². The summed E-state index contributed by atoms with van der Waals surface area (Å²) in [5.41, 5.74) is 2.21. The minimum absolute atomic E-state index is 0.361. The third kappa shape index (κ3) is 5.88. The van der Waals surface area contributed by atoms with Crippen LogP contribution in [-0.4, -0.2) is 20.3 Å². The second-order valence-corrected chi connectivity index (χ2v) is 7.35. The molecule has 0 amide bonds. The van der Waals surface area contributed by atoms with Gasteiger partial charge >= 0.3 is 7.12 Å². The molecule has 27 heavy (non-hydrogen) atoms. The minimum atomic E-state index is -0.575. The topological polar surface area (TPSA) is 18.5 Å². The zero-order chi connectivity index (χ0) is 19.1. The third-order valence-electron chi connectivity index (χ3n) is 5.06. The van der Waals surface area contributed by atoms with Crippen LogP contribution in [0.25, 0.3) is 11.1 Å². The molecular weight excluding hydrogens is 345 g/mol. The first-order valence-corrected chi connectivity index (χ1v) is 9.95. The van der Waals surface area contributed by atoms with Gasteiger partial charge in [-0.05, 0) is 35.1 Å². The van der Waals surface area contributed by atoms with Gasteiger partial charge in [-0.2, -0.15) is 0 Å². The Hall–Kier alpha value is -1.72. The maximum atomic E-state index is 13.4. The normalized spacial score (nSPS) is 15.3. The van der Waals surface area contributed by atoms with Crippen LogP contribution in [0, 0.1) is 17.6 Å². The van der Waals surface area contributed by atoms with Gasteiger partial charge < -0.3 is 9.31 Å². The van der Waals surface area contributed by atoms with Crippen LogP contribution >= 0.6 is 0 Å². The van der Waals surface area contributed by atoms with Crippen molar-refractivity contribution in [2.24, 2.45) is 5.92 Å². The molecule has 3 rings (SSSR count). The molecule has 0 aromatic heterocycles. The van der Waals surface area contributed by atoms with Gasteiger partial charge in [-0.25, -0.2) is 8.78 Å². The van der Waals surface area contributed by atoms with Crippen molar-refractivity contribution in [3.05, 3.63) is 54.1 Å². The average Bonchev–Trinajstić information content (AvgIpc) is 2.68. The molecule has 1 saturated heterocycles. The van der Waals surface area contributed by atoms with Crippen LogP contribution < -0.4 is 5.46 Å². The summed E-state index contributed by atoms with van der Waals surface area (Å²) in [7, 11) is -0.361. The van der Waals surface area contributed by atoms with Crippen LogP contribution in [0.4, 0.5) is 8.78 Å². The molecule has 2 nitrogen and oxygen atoms in total. The molecule has 0 radical (unpaired) electrons. The molecule has 0 aliphatic carbocycles. The summed E-state index contributed by atoms with van der Waals surface area (Å²) in [4.78, 5) is 0. The number of unbranched alkanes of at least 4 members (excludes halogenated alkanes) is 4. The second kappa shape index (κ2) is 10.0. The van der Waals surface area contributed by atoms with E-state index in [1.807, 2.05) is 24.3 Å². The SMILES string of the molecule is CCCCCCCC1COB(c2ccc(-c3cc(F)cc(F)c3)cc2)OC1. The van der Waals surface area contributed by atoms with Crippen LogP contribution in [0.5, 0.6) is 0 Å². The van der Waals surface area contributed by atoms with Crippen LogP contribution in [0.2, 0.25) is 0 Å². The summed E-state index contributed by atoms with van der Waals surface area (Å²) in [6, 6.07) is 11.0. The van der Waals surface area contributed by atoms with E-state index in [9.17, 15) is 8.78 Å². The van der Waals surface area contributed by atoms with E-state index in [4.69, 9.17) is 9.31 Å². The number of hydrogen-bond acceptors (Lipinski definition) is 2. The van der Waals surface area contributed by atoms with Crippen molar-refractivity contribution >= 4 is 12.6 Å². The van der Waals surface area contributed by atoms with E-state index in [0.29, 0.717) is 11.5 Å². The molecule has 0 saturated carbocycles. The van der Waals surface area contributed by atoms with Crippen molar-refractivity contribution in [3.8, 4) is 11.1 Å². The summed E-state index contributed by atoms with van der Waals surface area (Å²) in [5.74, 6) is -0.681. The van der Waals surface area contributed by atoms with Gasteiger partial charge in [0.1, 0.15) is 11.6 Å². The molecule has 0 atom stereocenters. The lowest BCUT2D eigenvalue weighted by Gasteiger charge is -2.27. The maximum Gasteiger partial charge on any atom is 0.493 e. The molecule has 2 aromatic rings. The Morgan fingerprint density at radius 2 is 1.48 bits per heavy atom. The van der Waals surface area contributed by atoms with Crippen LogP contribution in [0.15, 0.2) is 42.5 Å². The molecule has 1 heterocycles. The summed E-state index contributed by atoms with van der Waals surface area (Å²) in [5, 5.41) is 0. The summed E-state index contributed by atoms with van der Waals surface area (Å²) < 4.78 is 38.6. The molecule has 0 N–H and O–H groups in total. The van der Waals surface area contributed by atoms with Crippen LogP contribution in [-0.2, 0) is 9.31 Å². The lowest BCUT2D eigenvalue weighted by atomic mass is 9.76. The predicted molar refractivity (Wildman–Crippen MR) is 106 cm³/mol. The molecule has 144 valence electrons. The molecule has 0 bridgehead atoms. The lowest BCUT2D eigenvalue weighted by Crippen LogP contribution is -2.44. The molecule has 0 unspecified atom stereocenters. The van der Waals surface area contributed by atoms with Crippen molar-refractivity contribution < 1.29 is 18.1 Å². The first-order chi connectivity index (χ1) is 13.2. The quantitative estimate of drug-likeness (QED) is 0.459. The molecule has 1 aliphatic rings.